The highest BCUT2D eigenvalue weighted by Gasteiger charge is 2.30. The minimum atomic E-state index is -3.49. The summed E-state index contributed by atoms with van der Waals surface area (Å²) in [6, 6.07) is 5.23. The van der Waals surface area contributed by atoms with E-state index in [9.17, 15) is 13.2 Å². The van der Waals surface area contributed by atoms with Crippen LogP contribution in [0.25, 0.3) is 0 Å². The van der Waals surface area contributed by atoms with Gasteiger partial charge in [0.1, 0.15) is 0 Å². The molecule has 1 saturated heterocycles. The Bertz CT molecular complexity index is 711. The molecule has 1 aromatic carbocycles. The first-order valence-corrected chi connectivity index (χ1v) is 10.9. The van der Waals surface area contributed by atoms with Crippen molar-refractivity contribution in [1.29, 1.82) is 0 Å². The van der Waals surface area contributed by atoms with E-state index in [0.29, 0.717) is 44.0 Å². The predicted octanol–water partition coefficient (Wildman–Crippen LogP) is 2.05. The summed E-state index contributed by atoms with van der Waals surface area (Å²) in [5, 5.41) is 0. The summed E-state index contributed by atoms with van der Waals surface area (Å²) in [6.07, 6.45) is 4.49. The van der Waals surface area contributed by atoms with E-state index in [1.807, 2.05) is 19.9 Å². The monoisotopic (exact) mass is 381 g/mol. The first-order valence-electron chi connectivity index (χ1n) is 9.41. The van der Waals surface area contributed by atoms with Crippen LogP contribution in [0.4, 0.5) is 0 Å². The van der Waals surface area contributed by atoms with Crippen LogP contribution in [0.3, 0.4) is 0 Å². The molecular weight excluding hydrogens is 350 g/mol. The van der Waals surface area contributed by atoms with E-state index in [2.05, 4.69) is 0 Å². The van der Waals surface area contributed by atoms with Gasteiger partial charge < -0.3 is 10.6 Å². The Morgan fingerprint density at radius 3 is 2.27 bits per heavy atom. The lowest BCUT2D eigenvalue weighted by Crippen LogP contribution is -2.50. The van der Waals surface area contributed by atoms with E-state index in [-0.39, 0.29) is 5.91 Å². The maximum Gasteiger partial charge on any atom is 0.243 e. The van der Waals surface area contributed by atoms with Crippen LogP contribution in [-0.4, -0.2) is 56.3 Å². The van der Waals surface area contributed by atoms with E-state index in [1.54, 1.807) is 17.0 Å². The molecule has 2 N–H and O–H groups in total. The molecule has 0 radical (unpaired) electrons. The number of aryl methyl sites for hydroxylation is 2. The van der Waals surface area contributed by atoms with E-state index in [1.165, 1.54) is 4.31 Å². The summed E-state index contributed by atoms with van der Waals surface area (Å²) in [6.45, 7) is 6.22. The fourth-order valence-electron chi connectivity index (χ4n) is 3.13. The predicted molar refractivity (Wildman–Crippen MR) is 103 cm³/mol. The van der Waals surface area contributed by atoms with E-state index in [4.69, 9.17) is 5.73 Å². The van der Waals surface area contributed by atoms with Crippen molar-refractivity contribution in [3.05, 3.63) is 29.3 Å². The van der Waals surface area contributed by atoms with Crippen molar-refractivity contribution in [2.45, 2.75) is 50.8 Å². The molecule has 0 unspecified atom stereocenters. The molecule has 0 bridgehead atoms. The zero-order valence-electron chi connectivity index (χ0n) is 15.9. The standard InChI is InChI=1S/C19H31N3O3S/c1-16-8-9-18(15-17(16)2)26(24,25)22-13-11-21(12-14-22)19(23)7-5-3-4-6-10-20/h8-9,15H,3-7,10-14,20H2,1-2H3. The molecule has 26 heavy (non-hydrogen) atoms. The summed E-state index contributed by atoms with van der Waals surface area (Å²) in [5.41, 5.74) is 7.51. The molecule has 2 rings (SSSR count). The Hall–Kier alpha value is -1.44. The molecular formula is C19H31N3O3S. The number of rotatable bonds is 8. The third-order valence-electron chi connectivity index (χ3n) is 5.05. The lowest BCUT2D eigenvalue weighted by Gasteiger charge is -2.34. The maximum atomic E-state index is 12.8. The second kappa shape index (κ2) is 9.48. The number of carbonyl (C=O) groups excluding carboxylic acids is 1. The average molecular weight is 382 g/mol. The molecule has 0 spiro atoms. The van der Waals surface area contributed by atoms with E-state index < -0.39 is 10.0 Å². The number of hydrogen-bond acceptors (Lipinski definition) is 4. The number of sulfonamides is 1. The van der Waals surface area contributed by atoms with Gasteiger partial charge in [0, 0.05) is 32.6 Å². The molecule has 1 aliphatic rings. The van der Waals surface area contributed by atoms with Gasteiger partial charge in [-0.25, -0.2) is 8.42 Å². The van der Waals surface area contributed by atoms with Crippen LogP contribution in [0.15, 0.2) is 23.1 Å². The minimum Gasteiger partial charge on any atom is -0.340 e. The molecule has 6 nitrogen and oxygen atoms in total. The second-order valence-corrected chi connectivity index (χ2v) is 8.92. The Labute approximate surface area is 157 Å². The molecule has 1 amide bonds. The van der Waals surface area contributed by atoms with Crippen molar-refractivity contribution in [2.24, 2.45) is 5.73 Å². The zero-order chi connectivity index (χ0) is 19.2. The van der Waals surface area contributed by atoms with E-state index in [0.717, 1.165) is 36.8 Å². The quantitative estimate of drug-likeness (QED) is 0.699. The molecule has 0 aliphatic carbocycles. The number of carbonyl (C=O) groups is 1. The number of hydrogen-bond donors (Lipinski definition) is 1. The van der Waals surface area contributed by atoms with Gasteiger partial charge in [-0.05, 0) is 56.5 Å². The van der Waals surface area contributed by atoms with Gasteiger partial charge >= 0.3 is 0 Å². The van der Waals surface area contributed by atoms with Gasteiger partial charge in [-0.3, -0.25) is 4.79 Å². The molecule has 1 aromatic rings. The van der Waals surface area contributed by atoms with Crippen LogP contribution in [-0.2, 0) is 14.8 Å². The Morgan fingerprint density at radius 1 is 1.00 bits per heavy atom. The lowest BCUT2D eigenvalue weighted by molar-refractivity contribution is -0.132. The van der Waals surface area contributed by atoms with Crippen LogP contribution in [0.5, 0.6) is 0 Å². The highest BCUT2D eigenvalue weighted by molar-refractivity contribution is 7.89. The maximum absolute atomic E-state index is 12.8. The van der Waals surface area contributed by atoms with Gasteiger partial charge in [-0.2, -0.15) is 4.31 Å². The van der Waals surface area contributed by atoms with Gasteiger partial charge in [-0.1, -0.05) is 18.9 Å². The highest BCUT2D eigenvalue weighted by atomic mass is 32.2. The smallest absolute Gasteiger partial charge is 0.243 e. The highest BCUT2D eigenvalue weighted by Crippen LogP contribution is 2.20. The number of piperazine rings is 1. The average Bonchev–Trinajstić information content (AvgIpc) is 2.63. The molecule has 7 heteroatoms. The van der Waals surface area contributed by atoms with Crippen LogP contribution < -0.4 is 5.73 Å². The van der Waals surface area contributed by atoms with Crippen molar-refractivity contribution < 1.29 is 13.2 Å². The first kappa shape index (κ1) is 20.9. The number of nitrogens with zero attached hydrogens (tertiary/aromatic N) is 2. The molecule has 146 valence electrons. The fourth-order valence-corrected chi connectivity index (χ4v) is 4.64. The molecule has 0 saturated carbocycles. The van der Waals surface area contributed by atoms with Gasteiger partial charge in [0.05, 0.1) is 4.90 Å². The fraction of sp³-hybridized carbons (Fsp3) is 0.632. The first-order chi connectivity index (χ1) is 12.4. The van der Waals surface area contributed by atoms with E-state index >= 15 is 0 Å². The van der Waals surface area contributed by atoms with Crippen LogP contribution in [0.2, 0.25) is 0 Å². The van der Waals surface area contributed by atoms with Gasteiger partial charge in [-0.15, -0.1) is 0 Å². The van der Waals surface area contributed by atoms with Crippen molar-refractivity contribution in [1.82, 2.24) is 9.21 Å². The van der Waals surface area contributed by atoms with Gasteiger partial charge in [0.2, 0.25) is 15.9 Å². The Kier molecular flexibility index (Phi) is 7.61. The SMILES string of the molecule is Cc1ccc(S(=O)(=O)N2CCN(C(=O)CCCCCCN)CC2)cc1C. The normalized spacial score (nSPS) is 16.0. The molecule has 0 aromatic heterocycles. The van der Waals surface area contributed by atoms with Crippen molar-refractivity contribution in [3.63, 3.8) is 0 Å². The zero-order valence-corrected chi connectivity index (χ0v) is 16.7. The molecule has 1 heterocycles. The Morgan fingerprint density at radius 2 is 1.65 bits per heavy atom. The Balaban J connectivity index is 1.87. The molecule has 0 atom stereocenters. The topological polar surface area (TPSA) is 83.7 Å². The summed E-state index contributed by atoms with van der Waals surface area (Å²) in [7, 11) is -3.49. The minimum absolute atomic E-state index is 0.126. The largest absolute Gasteiger partial charge is 0.340 e. The van der Waals surface area contributed by atoms with Crippen molar-refractivity contribution in [3.8, 4) is 0 Å². The second-order valence-electron chi connectivity index (χ2n) is 6.98. The number of amides is 1. The van der Waals surface area contributed by atoms with Crippen LogP contribution in [0, 0.1) is 13.8 Å². The van der Waals surface area contributed by atoms with Crippen molar-refractivity contribution >= 4 is 15.9 Å². The van der Waals surface area contributed by atoms with Gasteiger partial charge in [0.25, 0.3) is 0 Å². The van der Waals surface area contributed by atoms with Crippen LogP contribution >= 0.6 is 0 Å². The summed E-state index contributed by atoms with van der Waals surface area (Å²) in [4.78, 5) is 14.4. The van der Waals surface area contributed by atoms with Crippen molar-refractivity contribution in [2.75, 3.05) is 32.7 Å². The summed E-state index contributed by atoms with van der Waals surface area (Å²) < 4.78 is 27.1. The molecule has 1 fully saturated rings. The number of benzene rings is 1. The third-order valence-corrected chi connectivity index (χ3v) is 6.95. The van der Waals surface area contributed by atoms with Crippen LogP contribution in [0.1, 0.15) is 43.2 Å². The number of unbranched alkanes of at least 4 members (excludes halogenated alkanes) is 3. The summed E-state index contributed by atoms with van der Waals surface area (Å²) >= 11 is 0. The molecule has 1 aliphatic heterocycles. The third kappa shape index (κ3) is 5.28. The number of nitrogens with two attached hydrogens (primary N) is 1. The van der Waals surface area contributed by atoms with Gasteiger partial charge in [0.15, 0.2) is 0 Å². The lowest BCUT2D eigenvalue weighted by atomic mass is 10.1. The summed E-state index contributed by atoms with van der Waals surface area (Å²) in [5.74, 6) is 0.126.